The van der Waals surface area contributed by atoms with Crippen LogP contribution in [0, 0.1) is 12.8 Å². The number of rotatable bonds is 4. The Hall–Kier alpha value is -2.08. The van der Waals surface area contributed by atoms with E-state index in [0.29, 0.717) is 5.92 Å². The highest BCUT2D eigenvalue weighted by atomic mass is 79.9. The van der Waals surface area contributed by atoms with Crippen LogP contribution in [0.5, 0.6) is 5.75 Å². The van der Waals surface area contributed by atoms with E-state index in [9.17, 15) is 0 Å². The van der Waals surface area contributed by atoms with Crippen molar-refractivity contribution in [1.82, 2.24) is 19.9 Å². The first-order chi connectivity index (χ1) is 12.7. The van der Waals surface area contributed by atoms with Crippen molar-refractivity contribution in [2.45, 2.75) is 45.1 Å². The molecular formula is C20H21BrN4O. The smallest absolute Gasteiger partial charge is 0.131 e. The molecule has 0 radical (unpaired) electrons. The molecule has 0 N–H and O–H groups in total. The predicted molar refractivity (Wildman–Crippen MR) is 104 cm³/mol. The van der Waals surface area contributed by atoms with Gasteiger partial charge in [-0.15, -0.1) is 0 Å². The van der Waals surface area contributed by atoms with E-state index in [1.54, 1.807) is 6.33 Å². The van der Waals surface area contributed by atoms with Gasteiger partial charge in [0.2, 0.25) is 0 Å². The van der Waals surface area contributed by atoms with Gasteiger partial charge in [0.15, 0.2) is 0 Å². The van der Waals surface area contributed by atoms with Crippen molar-refractivity contribution in [3.63, 3.8) is 0 Å². The molecule has 6 heteroatoms. The van der Waals surface area contributed by atoms with Gasteiger partial charge < -0.3 is 4.74 Å². The van der Waals surface area contributed by atoms with Gasteiger partial charge in [-0.3, -0.25) is 0 Å². The lowest BCUT2D eigenvalue weighted by molar-refractivity contribution is 0.132. The average Bonchev–Trinajstić information content (AvgIpc) is 2.63. The molecule has 1 aromatic carbocycles. The van der Waals surface area contributed by atoms with E-state index in [1.165, 1.54) is 0 Å². The number of benzene rings is 1. The third kappa shape index (κ3) is 4.01. The van der Waals surface area contributed by atoms with Gasteiger partial charge >= 0.3 is 0 Å². The molecule has 0 saturated heterocycles. The Balaban J connectivity index is 1.40. The maximum absolute atomic E-state index is 6.33. The largest absolute Gasteiger partial charge is 0.490 e. The van der Waals surface area contributed by atoms with E-state index in [2.05, 4.69) is 35.9 Å². The topological polar surface area (TPSA) is 60.8 Å². The summed E-state index contributed by atoms with van der Waals surface area (Å²) in [6.07, 6.45) is 11.0. The van der Waals surface area contributed by atoms with E-state index < -0.39 is 0 Å². The summed E-state index contributed by atoms with van der Waals surface area (Å²) in [5.74, 6) is 2.39. The highest BCUT2D eigenvalue weighted by Gasteiger charge is 2.23. The van der Waals surface area contributed by atoms with Crippen LogP contribution in [0.1, 0.15) is 37.2 Å². The number of halogens is 1. The summed E-state index contributed by atoms with van der Waals surface area (Å²) in [5.41, 5.74) is 2.05. The van der Waals surface area contributed by atoms with Gasteiger partial charge in [-0.05, 0) is 63.1 Å². The number of aryl methyl sites for hydroxylation is 1. The first-order valence-corrected chi connectivity index (χ1v) is 9.81. The fourth-order valence-electron chi connectivity index (χ4n) is 3.66. The van der Waals surface area contributed by atoms with Crippen molar-refractivity contribution < 1.29 is 4.74 Å². The highest BCUT2D eigenvalue weighted by molar-refractivity contribution is 9.10. The molecule has 0 unspecified atom stereocenters. The Morgan fingerprint density at radius 2 is 2.00 bits per heavy atom. The zero-order valence-electron chi connectivity index (χ0n) is 14.7. The molecule has 0 spiro atoms. The van der Waals surface area contributed by atoms with Crippen LogP contribution in [0.15, 0.2) is 41.4 Å². The zero-order valence-corrected chi connectivity index (χ0v) is 16.3. The number of hydrogen-bond acceptors (Lipinski definition) is 5. The summed E-state index contributed by atoms with van der Waals surface area (Å²) < 4.78 is 7.31. The molecule has 3 aromatic rings. The molecule has 134 valence electrons. The van der Waals surface area contributed by atoms with Gasteiger partial charge in [-0.2, -0.15) is 0 Å². The summed E-state index contributed by atoms with van der Waals surface area (Å²) in [5, 5.41) is 0.967. The van der Waals surface area contributed by atoms with Gasteiger partial charge in [0.05, 0.1) is 17.0 Å². The molecule has 26 heavy (non-hydrogen) atoms. The van der Waals surface area contributed by atoms with Crippen LogP contribution in [-0.2, 0) is 6.42 Å². The second-order valence-electron chi connectivity index (χ2n) is 6.92. The van der Waals surface area contributed by atoms with Gasteiger partial charge in [-0.25, -0.2) is 19.9 Å². The van der Waals surface area contributed by atoms with E-state index in [1.807, 2.05) is 37.5 Å². The van der Waals surface area contributed by atoms with Crippen LogP contribution in [-0.4, -0.2) is 26.0 Å². The second-order valence-corrected chi connectivity index (χ2v) is 7.84. The third-order valence-corrected chi connectivity index (χ3v) is 5.43. The van der Waals surface area contributed by atoms with Crippen molar-refractivity contribution in [2.24, 2.45) is 5.92 Å². The van der Waals surface area contributed by atoms with E-state index in [-0.39, 0.29) is 6.10 Å². The Kier molecular flexibility index (Phi) is 5.11. The fraction of sp³-hybridized carbons (Fsp3) is 0.400. The Bertz CT molecular complexity index is 909. The van der Waals surface area contributed by atoms with Crippen LogP contribution in [0.25, 0.3) is 10.9 Å². The lowest BCUT2D eigenvalue weighted by Crippen LogP contribution is -2.25. The molecule has 0 aliphatic heterocycles. The minimum absolute atomic E-state index is 0.246. The summed E-state index contributed by atoms with van der Waals surface area (Å²) in [6, 6.07) is 6.04. The number of ether oxygens (including phenoxy) is 1. The molecule has 2 heterocycles. The first kappa shape index (κ1) is 17.3. The van der Waals surface area contributed by atoms with E-state index >= 15 is 0 Å². The van der Waals surface area contributed by atoms with Gasteiger partial charge in [0, 0.05) is 22.6 Å². The van der Waals surface area contributed by atoms with Crippen LogP contribution in [0.4, 0.5) is 0 Å². The average molecular weight is 413 g/mol. The molecule has 0 atom stereocenters. The van der Waals surface area contributed by atoms with Crippen molar-refractivity contribution in [3.05, 3.63) is 52.9 Å². The minimum atomic E-state index is 0.246. The van der Waals surface area contributed by atoms with E-state index in [4.69, 9.17) is 4.74 Å². The van der Waals surface area contributed by atoms with Crippen molar-refractivity contribution in [3.8, 4) is 5.75 Å². The number of fused-ring (bicyclic) bond motifs is 1. The first-order valence-electron chi connectivity index (χ1n) is 9.02. The zero-order chi connectivity index (χ0) is 17.9. The predicted octanol–water partition coefficient (Wildman–Crippen LogP) is 4.67. The van der Waals surface area contributed by atoms with Gasteiger partial charge in [-0.1, -0.05) is 15.9 Å². The lowest BCUT2D eigenvalue weighted by Gasteiger charge is -2.29. The summed E-state index contributed by atoms with van der Waals surface area (Å²) >= 11 is 3.55. The normalized spacial score (nSPS) is 20.2. The summed E-state index contributed by atoms with van der Waals surface area (Å²) in [4.78, 5) is 17.2. The summed E-state index contributed by atoms with van der Waals surface area (Å²) in [6.45, 7) is 1.94. The van der Waals surface area contributed by atoms with Gasteiger partial charge in [0.1, 0.15) is 17.9 Å². The molecule has 0 amide bonds. The SMILES string of the molecule is Cc1nccc(CC2CCC(Oc3cc(Br)cc4ncncc34)CC2)n1. The molecule has 5 nitrogen and oxygen atoms in total. The van der Waals surface area contributed by atoms with Crippen molar-refractivity contribution in [1.29, 1.82) is 0 Å². The minimum Gasteiger partial charge on any atom is -0.490 e. The molecule has 0 bridgehead atoms. The Morgan fingerprint density at radius 1 is 1.15 bits per heavy atom. The Morgan fingerprint density at radius 3 is 2.81 bits per heavy atom. The number of nitrogens with zero attached hydrogens (tertiary/aromatic N) is 4. The summed E-state index contributed by atoms with van der Waals surface area (Å²) in [7, 11) is 0. The van der Waals surface area contributed by atoms with Crippen LogP contribution in [0.3, 0.4) is 0 Å². The van der Waals surface area contributed by atoms with Crippen LogP contribution < -0.4 is 4.74 Å². The lowest BCUT2D eigenvalue weighted by atomic mass is 9.84. The number of aromatic nitrogens is 4. The molecule has 1 fully saturated rings. The number of hydrogen-bond donors (Lipinski definition) is 0. The molecule has 1 aliphatic carbocycles. The molecule has 2 aromatic heterocycles. The fourth-order valence-corrected chi connectivity index (χ4v) is 4.09. The standard InChI is InChI=1S/C20H21BrN4O/c1-13-23-7-6-16(25-13)8-14-2-4-17(5-3-14)26-20-10-15(21)9-19-18(20)11-22-12-24-19/h6-7,9-12,14,17H,2-5,8H2,1H3. The maximum atomic E-state index is 6.33. The monoisotopic (exact) mass is 412 g/mol. The molecule has 4 rings (SSSR count). The molecule has 1 saturated carbocycles. The second kappa shape index (κ2) is 7.66. The van der Waals surface area contributed by atoms with Crippen LogP contribution >= 0.6 is 15.9 Å². The maximum Gasteiger partial charge on any atom is 0.131 e. The Labute approximate surface area is 161 Å². The van der Waals surface area contributed by atoms with E-state index in [0.717, 1.165) is 64.7 Å². The van der Waals surface area contributed by atoms with Crippen LogP contribution in [0.2, 0.25) is 0 Å². The highest BCUT2D eigenvalue weighted by Crippen LogP contribution is 2.33. The molecular weight excluding hydrogens is 392 g/mol. The third-order valence-electron chi connectivity index (χ3n) is 4.97. The van der Waals surface area contributed by atoms with Gasteiger partial charge in [0.25, 0.3) is 0 Å². The molecule has 1 aliphatic rings. The van der Waals surface area contributed by atoms with Crippen molar-refractivity contribution in [2.75, 3.05) is 0 Å². The van der Waals surface area contributed by atoms with Crippen molar-refractivity contribution >= 4 is 26.8 Å². The quantitative estimate of drug-likeness (QED) is 0.622.